The standard InChI is InChI=1S/C22H19F4NO5/c1-11(2)31-20(29)9-15-12(3)27(18-10-17(23)19(28)8-16(15)18)21(30)13-4-6-14(7-5-13)32-22(24,25)26/h4-8,10-11,28H,9H2,1-3H3. The third kappa shape index (κ3) is 4.84. The van der Waals surface area contributed by atoms with Gasteiger partial charge in [0.2, 0.25) is 0 Å². The first kappa shape index (κ1) is 23.1. The molecule has 0 bridgehead atoms. The molecule has 10 heteroatoms. The zero-order valence-electron chi connectivity index (χ0n) is 17.3. The van der Waals surface area contributed by atoms with Crippen LogP contribution in [0.5, 0.6) is 11.5 Å². The van der Waals surface area contributed by atoms with Gasteiger partial charge in [-0.15, -0.1) is 13.2 Å². The molecule has 2 aromatic carbocycles. The largest absolute Gasteiger partial charge is 0.573 e. The van der Waals surface area contributed by atoms with Crippen molar-refractivity contribution in [1.29, 1.82) is 0 Å². The minimum atomic E-state index is -4.88. The average Bonchev–Trinajstić information content (AvgIpc) is 2.91. The number of phenols is 1. The quantitative estimate of drug-likeness (QED) is 0.440. The summed E-state index contributed by atoms with van der Waals surface area (Å²) in [6.45, 7) is 4.88. The molecular weight excluding hydrogens is 434 g/mol. The van der Waals surface area contributed by atoms with Crippen LogP contribution in [0.2, 0.25) is 0 Å². The molecule has 1 aromatic heterocycles. The molecule has 0 aliphatic rings. The Bertz CT molecular complexity index is 1180. The maximum Gasteiger partial charge on any atom is 0.573 e. The number of aromatic hydroxyl groups is 1. The number of benzene rings is 2. The van der Waals surface area contributed by atoms with E-state index < -0.39 is 35.6 Å². The Labute approximate surface area is 180 Å². The number of alkyl halides is 3. The topological polar surface area (TPSA) is 77.8 Å². The number of hydrogen-bond acceptors (Lipinski definition) is 5. The number of rotatable bonds is 5. The lowest BCUT2D eigenvalue weighted by atomic mass is 10.1. The lowest BCUT2D eigenvalue weighted by Gasteiger charge is -2.11. The Kier molecular flexibility index (Phi) is 6.16. The fourth-order valence-corrected chi connectivity index (χ4v) is 3.35. The molecule has 0 amide bonds. The number of fused-ring (bicyclic) bond motifs is 1. The highest BCUT2D eigenvalue weighted by atomic mass is 19.4. The number of aromatic nitrogens is 1. The van der Waals surface area contributed by atoms with E-state index in [4.69, 9.17) is 4.74 Å². The second-order valence-corrected chi connectivity index (χ2v) is 7.31. The van der Waals surface area contributed by atoms with Gasteiger partial charge in [0.15, 0.2) is 11.6 Å². The molecule has 0 unspecified atom stereocenters. The Balaban J connectivity index is 2.07. The van der Waals surface area contributed by atoms with Crippen molar-refractivity contribution < 1.29 is 41.7 Å². The molecule has 0 fully saturated rings. The normalized spacial score (nSPS) is 11.8. The molecule has 0 saturated carbocycles. The monoisotopic (exact) mass is 453 g/mol. The highest BCUT2D eigenvalue weighted by Gasteiger charge is 2.31. The van der Waals surface area contributed by atoms with E-state index in [9.17, 15) is 32.3 Å². The molecule has 1 N–H and O–H groups in total. The molecule has 3 aromatic rings. The molecule has 0 atom stereocenters. The number of nitrogens with zero attached hydrogens (tertiary/aromatic N) is 1. The minimum absolute atomic E-state index is 0.00399. The van der Waals surface area contributed by atoms with Crippen molar-refractivity contribution in [3.63, 3.8) is 0 Å². The van der Waals surface area contributed by atoms with Gasteiger partial charge in [-0.3, -0.25) is 14.2 Å². The van der Waals surface area contributed by atoms with E-state index in [0.29, 0.717) is 11.3 Å². The van der Waals surface area contributed by atoms with Crippen molar-refractivity contribution in [1.82, 2.24) is 4.57 Å². The number of carbonyl (C=O) groups is 2. The van der Waals surface area contributed by atoms with E-state index in [0.717, 1.165) is 41.0 Å². The summed E-state index contributed by atoms with van der Waals surface area (Å²) in [5.74, 6) is -3.38. The summed E-state index contributed by atoms with van der Waals surface area (Å²) in [4.78, 5) is 25.4. The van der Waals surface area contributed by atoms with Crippen LogP contribution >= 0.6 is 0 Å². The fourth-order valence-electron chi connectivity index (χ4n) is 3.35. The zero-order chi connectivity index (χ0) is 23.8. The zero-order valence-corrected chi connectivity index (χ0v) is 17.3. The summed E-state index contributed by atoms with van der Waals surface area (Å²) < 4.78 is 61.3. The molecule has 6 nitrogen and oxygen atoms in total. The van der Waals surface area contributed by atoms with Crippen molar-refractivity contribution in [2.75, 3.05) is 0 Å². The van der Waals surface area contributed by atoms with Gasteiger partial charge in [-0.05, 0) is 56.7 Å². The number of ether oxygens (including phenoxy) is 2. The minimum Gasteiger partial charge on any atom is -0.505 e. The number of esters is 1. The van der Waals surface area contributed by atoms with Crippen molar-refractivity contribution in [3.05, 3.63) is 59.0 Å². The second-order valence-electron chi connectivity index (χ2n) is 7.31. The maximum absolute atomic E-state index is 14.1. The molecule has 32 heavy (non-hydrogen) atoms. The van der Waals surface area contributed by atoms with Crippen LogP contribution in [-0.4, -0.2) is 34.0 Å². The molecule has 0 aliphatic heterocycles. The Morgan fingerprint density at radius 1 is 1.12 bits per heavy atom. The molecule has 3 rings (SSSR count). The lowest BCUT2D eigenvalue weighted by Crippen LogP contribution is -2.18. The fraction of sp³-hybridized carbons (Fsp3) is 0.273. The Morgan fingerprint density at radius 2 is 1.75 bits per heavy atom. The van der Waals surface area contributed by atoms with Gasteiger partial charge in [0.1, 0.15) is 5.75 Å². The molecule has 0 saturated heterocycles. The summed E-state index contributed by atoms with van der Waals surface area (Å²) in [6.07, 6.45) is -5.48. The predicted octanol–water partition coefficient (Wildman–Crippen LogP) is 4.88. The van der Waals surface area contributed by atoms with E-state index in [1.807, 2.05) is 0 Å². The van der Waals surface area contributed by atoms with Crippen LogP contribution in [0.15, 0.2) is 36.4 Å². The Morgan fingerprint density at radius 3 is 2.31 bits per heavy atom. The molecule has 0 aliphatic carbocycles. The molecule has 170 valence electrons. The van der Waals surface area contributed by atoms with Gasteiger partial charge in [0.25, 0.3) is 5.91 Å². The van der Waals surface area contributed by atoms with E-state index >= 15 is 0 Å². The van der Waals surface area contributed by atoms with Gasteiger partial charge < -0.3 is 14.6 Å². The van der Waals surface area contributed by atoms with Crippen molar-refractivity contribution in [2.24, 2.45) is 0 Å². The molecule has 1 heterocycles. The van der Waals surface area contributed by atoms with Gasteiger partial charge >= 0.3 is 12.3 Å². The van der Waals surface area contributed by atoms with E-state index in [-0.39, 0.29) is 29.0 Å². The van der Waals surface area contributed by atoms with E-state index in [1.165, 1.54) is 6.92 Å². The van der Waals surface area contributed by atoms with Crippen molar-refractivity contribution in [2.45, 2.75) is 39.7 Å². The first-order valence-electron chi connectivity index (χ1n) is 9.49. The predicted molar refractivity (Wildman–Crippen MR) is 106 cm³/mol. The molecule has 0 spiro atoms. The first-order valence-corrected chi connectivity index (χ1v) is 9.49. The smallest absolute Gasteiger partial charge is 0.505 e. The van der Waals surface area contributed by atoms with Crippen LogP contribution in [-0.2, 0) is 16.0 Å². The molecule has 0 radical (unpaired) electrons. The van der Waals surface area contributed by atoms with Crippen LogP contribution in [0.1, 0.15) is 35.5 Å². The number of carbonyl (C=O) groups excluding carboxylic acids is 2. The SMILES string of the molecule is Cc1c(CC(=O)OC(C)C)c2cc(O)c(F)cc2n1C(=O)c1ccc(OC(F)(F)F)cc1. The van der Waals surface area contributed by atoms with Gasteiger partial charge in [-0.1, -0.05) is 0 Å². The Hall–Kier alpha value is -3.56. The summed E-state index contributed by atoms with van der Waals surface area (Å²) in [7, 11) is 0. The first-order chi connectivity index (χ1) is 14.9. The average molecular weight is 453 g/mol. The third-order valence-electron chi connectivity index (χ3n) is 4.63. The van der Waals surface area contributed by atoms with Crippen LogP contribution in [0.25, 0.3) is 10.9 Å². The maximum atomic E-state index is 14.1. The number of phenolic OH excluding ortho intramolecular Hbond substituents is 1. The second kappa shape index (κ2) is 8.52. The van der Waals surface area contributed by atoms with Crippen molar-refractivity contribution >= 4 is 22.8 Å². The number of hydrogen-bond donors (Lipinski definition) is 1. The highest BCUT2D eigenvalue weighted by Crippen LogP contribution is 2.32. The van der Waals surface area contributed by atoms with Gasteiger partial charge in [0.05, 0.1) is 18.0 Å². The summed E-state index contributed by atoms with van der Waals surface area (Å²) in [6, 6.07) is 6.30. The van der Waals surface area contributed by atoms with Gasteiger partial charge in [0, 0.05) is 22.7 Å². The van der Waals surface area contributed by atoms with E-state index in [2.05, 4.69) is 4.74 Å². The van der Waals surface area contributed by atoms with Crippen molar-refractivity contribution in [3.8, 4) is 11.5 Å². The molecular formula is C22H19F4NO5. The van der Waals surface area contributed by atoms with Crippen LogP contribution in [0, 0.1) is 12.7 Å². The van der Waals surface area contributed by atoms with Crippen LogP contribution in [0.3, 0.4) is 0 Å². The summed E-state index contributed by atoms with van der Waals surface area (Å²) in [5, 5.41) is 10.1. The van der Waals surface area contributed by atoms with Crippen LogP contribution in [0.4, 0.5) is 17.6 Å². The van der Waals surface area contributed by atoms with Crippen LogP contribution < -0.4 is 4.74 Å². The van der Waals surface area contributed by atoms with Gasteiger partial charge in [-0.25, -0.2) is 4.39 Å². The van der Waals surface area contributed by atoms with Gasteiger partial charge in [-0.2, -0.15) is 0 Å². The number of halogens is 4. The summed E-state index contributed by atoms with van der Waals surface area (Å²) in [5.41, 5.74) is 0.743. The summed E-state index contributed by atoms with van der Waals surface area (Å²) >= 11 is 0. The van der Waals surface area contributed by atoms with E-state index in [1.54, 1.807) is 13.8 Å². The highest BCUT2D eigenvalue weighted by molar-refractivity contribution is 6.05. The lowest BCUT2D eigenvalue weighted by molar-refractivity contribution is -0.274. The third-order valence-corrected chi connectivity index (χ3v) is 4.63.